The number of carbonyl (C=O) groups excluding carboxylic acids is 1. The third-order valence-electron chi connectivity index (χ3n) is 5.19. The van der Waals surface area contributed by atoms with Crippen LogP contribution >= 0.6 is 23.2 Å². The Morgan fingerprint density at radius 2 is 1.85 bits per heavy atom. The van der Waals surface area contributed by atoms with E-state index in [2.05, 4.69) is 16.6 Å². The zero-order valence-corrected chi connectivity index (χ0v) is 22.3. The highest BCUT2D eigenvalue weighted by atomic mass is 35.5. The lowest BCUT2D eigenvalue weighted by Crippen LogP contribution is -2.31. The molecule has 0 bridgehead atoms. The maximum Gasteiger partial charge on any atom is 0.257 e. The molecule has 0 saturated carbocycles. The highest BCUT2D eigenvalue weighted by Crippen LogP contribution is 2.26. The van der Waals surface area contributed by atoms with Gasteiger partial charge in [0.25, 0.3) is 5.91 Å². The Labute approximate surface area is 212 Å². The number of rotatable bonds is 14. The van der Waals surface area contributed by atoms with E-state index in [0.29, 0.717) is 41.9 Å². The number of nitrogens with zero attached hydrogens (tertiary/aromatic N) is 2. The third-order valence-corrected chi connectivity index (χ3v) is 7.16. The van der Waals surface area contributed by atoms with Crippen molar-refractivity contribution in [3.63, 3.8) is 0 Å². The lowest BCUT2D eigenvalue weighted by atomic mass is 10.2. The number of aryl methyl sites for hydroxylation is 1. The molecule has 0 saturated heterocycles. The zero-order chi connectivity index (χ0) is 25.1. The van der Waals surface area contributed by atoms with Crippen LogP contribution in [0.3, 0.4) is 0 Å². The average molecular weight is 531 g/mol. The Balaban J connectivity index is 2.11. The second-order valence-corrected chi connectivity index (χ2v) is 10.7. The molecule has 188 valence electrons. The van der Waals surface area contributed by atoms with Crippen LogP contribution in [-0.4, -0.2) is 36.2 Å². The molecule has 34 heavy (non-hydrogen) atoms. The largest absolute Gasteiger partial charge is 0.494 e. The van der Waals surface area contributed by atoms with Crippen molar-refractivity contribution in [1.82, 2.24) is 14.3 Å². The van der Waals surface area contributed by atoms with E-state index in [-0.39, 0.29) is 10.9 Å². The molecule has 0 radical (unpaired) electrons. The topological polar surface area (TPSA) is 90.3 Å². The van der Waals surface area contributed by atoms with Crippen molar-refractivity contribution in [2.75, 3.05) is 12.4 Å². The smallest absolute Gasteiger partial charge is 0.257 e. The third kappa shape index (κ3) is 8.96. The number of ether oxygens (including phenoxy) is 1. The fourth-order valence-corrected chi connectivity index (χ4v) is 4.88. The van der Waals surface area contributed by atoms with Gasteiger partial charge in [-0.2, -0.15) is 0 Å². The van der Waals surface area contributed by atoms with Crippen LogP contribution in [0.1, 0.15) is 69.5 Å². The molecule has 0 unspecified atom stereocenters. The molecule has 1 aromatic carbocycles. The summed E-state index contributed by atoms with van der Waals surface area (Å²) in [7, 11) is -3.68. The molecule has 10 heteroatoms. The van der Waals surface area contributed by atoms with Gasteiger partial charge in [-0.05, 0) is 43.5 Å². The van der Waals surface area contributed by atoms with E-state index in [0.717, 1.165) is 43.7 Å². The number of nitrogens with one attached hydrogen (secondary N) is 1. The van der Waals surface area contributed by atoms with Gasteiger partial charge in [0.05, 0.1) is 24.6 Å². The highest BCUT2D eigenvalue weighted by Gasteiger charge is 2.15. The van der Waals surface area contributed by atoms with E-state index < -0.39 is 15.9 Å². The molecule has 2 aromatic rings. The molecule has 2 rings (SSSR count). The summed E-state index contributed by atoms with van der Waals surface area (Å²) < 4.78 is 33.7. The Hall–Kier alpha value is -2.03. The van der Waals surface area contributed by atoms with E-state index in [9.17, 15) is 13.2 Å². The van der Waals surface area contributed by atoms with Crippen molar-refractivity contribution in [2.24, 2.45) is 0 Å². The SMILES string of the molecule is CCCCCOc1ccc(Cn2c(C)nc(Cl)c2C=CC(=O)NS(=O)(=O)CCCCC)c(Cl)c1. The van der Waals surface area contributed by atoms with E-state index in [1.54, 1.807) is 13.0 Å². The van der Waals surface area contributed by atoms with Crippen molar-refractivity contribution < 1.29 is 17.9 Å². The van der Waals surface area contributed by atoms with Gasteiger partial charge in [0.2, 0.25) is 10.0 Å². The van der Waals surface area contributed by atoms with Crippen molar-refractivity contribution >= 4 is 45.2 Å². The quantitative estimate of drug-likeness (QED) is 0.248. The van der Waals surface area contributed by atoms with Gasteiger partial charge in [-0.15, -0.1) is 0 Å². The predicted octanol–water partition coefficient (Wildman–Crippen LogP) is 5.77. The van der Waals surface area contributed by atoms with Crippen molar-refractivity contribution in [1.29, 1.82) is 0 Å². The fourth-order valence-electron chi connectivity index (χ4n) is 3.30. The van der Waals surface area contributed by atoms with Crippen molar-refractivity contribution in [3.8, 4) is 5.75 Å². The monoisotopic (exact) mass is 529 g/mol. The molecule has 0 atom stereocenters. The molecule has 7 nitrogen and oxygen atoms in total. The second kappa shape index (κ2) is 13.8. The van der Waals surface area contributed by atoms with Gasteiger partial charge in [0.15, 0.2) is 5.15 Å². The van der Waals surface area contributed by atoms with Crippen LogP contribution in [0, 0.1) is 6.92 Å². The molecular weight excluding hydrogens is 497 g/mol. The zero-order valence-electron chi connectivity index (χ0n) is 19.9. The number of unbranched alkanes of at least 4 members (excludes halogenated alkanes) is 4. The lowest BCUT2D eigenvalue weighted by Gasteiger charge is -2.12. The number of halogens is 2. The van der Waals surface area contributed by atoms with Crippen LogP contribution in [0.5, 0.6) is 5.75 Å². The standard InChI is InChI=1S/C24H33Cl2N3O4S/c1-4-6-8-14-33-20-11-10-19(21(25)16-20)17-29-18(3)27-24(26)22(29)12-13-23(30)28-34(31,32)15-9-7-5-2/h10-13,16H,4-9,14-15,17H2,1-3H3,(H,28,30). The van der Waals surface area contributed by atoms with Crippen LogP contribution in [0.4, 0.5) is 0 Å². The Kier molecular flexibility index (Phi) is 11.4. The van der Waals surface area contributed by atoms with E-state index in [1.807, 2.05) is 23.6 Å². The van der Waals surface area contributed by atoms with E-state index >= 15 is 0 Å². The molecule has 1 amide bonds. The number of aromatic nitrogens is 2. The van der Waals surface area contributed by atoms with Crippen LogP contribution in [0.15, 0.2) is 24.3 Å². The average Bonchev–Trinajstić information content (AvgIpc) is 3.03. The number of sulfonamides is 1. The Bertz CT molecular complexity index is 1100. The van der Waals surface area contributed by atoms with Crippen LogP contribution < -0.4 is 9.46 Å². The summed E-state index contributed by atoms with van der Waals surface area (Å²) in [6.07, 6.45) is 8.02. The van der Waals surface area contributed by atoms with Crippen molar-refractivity contribution in [3.05, 3.63) is 51.5 Å². The normalized spacial score (nSPS) is 11.8. The van der Waals surface area contributed by atoms with E-state index in [4.69, 9.17) is 27.9 Å². The van der Waals surface area contributed by atoms with Crippen LogP contribution in [0.2, 0.25) is 10.2 Å². The van der Waals surface area contributed by atoms with Crippen LogP contribution in [0.25, 0.3) is 6.08 Å². The summed E-state index contributed by atoms with van der Waals surface area (Å²) in [6, 6.07) is 5.53. The number of hydrogen-bond acceptors (Lipinski definition) is 5. The van der Waals surface area contributed by atoms with E-state index in [1.165, 1.54) is 6.08 Å². The molecule has 0 aliphatic carbocycles. The number of imidazole rings is 1. The minimum Gasteiger partial charge on any atom is -0.494 e. The minimum atomic E-state index is -3.68. The van der Waals surface area contributed by atoms with Gasteiger partial charge in [0.1, 0.15) is 11.6 Å². The summed E-state index contributed by atoms with van der Waals surface area (Å²) in [4.78, 5) is 16.5. The first-order chi connectivity index (χ1) is 16.2. The minimum absolute atomic E-state index is 0.0883. The van der Waals surface area contributed by atoms with Gasteiger partial charge in [-0.25, -0.2) is 18.1 Å². The summed E-state index contributed by atoms with van der Waals surface area (Å²) >= 11 is 12.8. The Morgan fingerprint density at radius 1 is 1.15 bits per heavy atom. The number of amides is 1. The molecule has 1 aromatic heterocycles. The van der Waals surface area contributed by atoms with Crippen LogP contribution in [-0.2, 0) is 21.4 Å². The first kappa shape index (κ1) is 28.2. The second-order valence-electron chi connectivity index (χ2n) is 8.06. The molecule has 0 fully saturated rings. The molecule has 0 spiro atoms. The molecular formula is C24H33Cl2N3O4S. The molecule has 1 N–H and O–H groups in total. The summed E-state index contributed by atoms with van der Waals surface area (Å²) in [5, 5.41) is 0.752. The number of hydrogen-bond donors (Lipinski definition) is 1. The summed E-state index contributed by atoms with van der Waals surface area (Å²) in [5.41, 5.74) is 1.31. The summed E-state index contributed by atoms with van der Waals surface area (Å²) in [6.45, 7) is 6.93. The lowest BCUT2D eigenvalue weighted by molar-refractivity contribution is -0.114. The maximum atomic E-state index is 12.2. The maximum absolute atomic E-state index is 12.2. The number of benzene rings is 1. The highest BCUT2D eigenvalue weighted by molar-refractivity contribution is 7.90. The molecule has 1 heterocycles. The fraction of sp³-hybridized carbons (Fsp3) is 0.500. The van der Waals surface area contributed by atoms with Crippen molar-refractivity contribution in [2.45, 2.75) is 65.8 Å². The number of carbonyl (C=O) groups is 1. The first-order valence-corrected chi connectivity index (χ1v) is 13.9. The first-order valence-electron chi connectivity index (χ1n) is 11.5. The van der Waals surface area contributed by atoms with Gasteiger partial charge in [-0.1, -0.05) is 68.8 Å². The molecule has 0 aliphatic rings. The van der Waals surface area contributed by atoms with Gasteiger partial charge in [-0.3, -0.25) is 4.79 Å². The predicted molar refractivity (Wildman–Crippen MR) is 138 cm³/mol. The van der Waals surface area contributed by atoms with Gasteiger partial charge >= 0.3 is 0 Å². The summed E-state index contributed by atoms with van der Waals surface area (Å²) in [5.74, 6) is 0.519. The van der Waals surface area contributed by atoms with Gasteiger partial charge in [0, 0.05) is 11.1 Å². The molecule has 0 aliphatic heterocycles. The Morgan fingerprint density at radius 3 is 2.53 bits per heavy atom. The van der Waals surface area contributed by atoms with Gasteiger partial charge < -0.3 is 9.30 Å².